The molecule has 21 heavy (non-hydrogen) atoms. The van der Waals surface area contributed by atoms with Crippen LogP contribution in [-0.2, 0) is 19.6 Å². The van der Waals surface area contributed by atoms with E-state index in [4.69, 9.17) is 4.74 Å². The second-order valence-corrected chi connectivity index (χ2v) is 7.88. The normalized spacial score (nSPS) is 24.4. The van der Waals surface area contributed by atoms with E-state index in [0.29, 0.717) is 19.6 Å². The van der Waals surface area contributed by atoms with Gasteiger partial charge in [0.2, 0.25) is 15.9 Å². The lowest BCUT2D eigenvalue weighted by Crippen LogP contribution is -2.50. The third-order valence-electron chi connectivity index (χ3n) is 4.29. The van der Waals surface area contributed by atoms with Gasteiger partial charge in [0, 0.05) is 25.7 Å². The molecule has 0 aromatic heterocycles. The molecule has 1 saturated heterocycles. The fraction of sp³-hybridized carbons (Fsp3) is 0.929. The zero-order valence-corrected chi connectivity index (χ0v) is 13.5. The summed E-state index contributed by atoms with van der Waals surface area (Å²) in [5, 5.41) is -0.488. The first kappa shape index (κ1) is 16.7. The first-order valence-electron chi connectivity index (χ1n) is 7.89. The summed E-state index contributed by atoms with van der Waals surface area (Å²) in [5.74, 6) is -0.113. The summed E-state index contributed by atoms with van der Waals surface area (Å²) < 4.78 is 32.8. The molecule has 122 valence electrons. The number of carbonyl (C=O) groups excluding carboxylic acids is 1. The van der Waals surface area contributed by atoms with E-state index in [-0.39, 0.29) is 25.1 Å². The van der Waals surface area contributed by atoms with Gasteiger partial charge in [-0.1, -0.05) is 12.8 Å². The van der Waals surface area contributed by atoms with Gasteiger partial charge < -0.3 is 9.64 Å². The van der Waals surface area contributed by atoms with E-state index in [1.54, 1.807) is 4.90 Å². The molecule has 7 heteroatoms. The zero-order chi connectivity index (χ0) is 15.3. The molecule has 1 atom stereocenters. The minimum atomic E-state index is -3.34. The highest BCUT2D eigenvalue weighted by atomic mass is 32.2. The Morgan fingerprint density at radius 2 is 1.95 bits per heavy atom. The van der Waals surface area contributed by atoms with Crippen LogP contribution in [0.3, 0.4) is 0 Å². The van der Waals surface area contributed by atoms with Crippen LogP contribution in [0.1, 0.15) is 45.4 Å². The van der Waals surface area contributed by atoms with Crippen LogP contribution in [0.4, 0.5) is 0 Å². The average Bonchev–Trinajstić information content (AvgIpc) is 2.97. The number of ether oxygens (including phenoxy) is 1. The second kappa shape index (κ2) is 7.56. The van der Waals surface area contributed by atoms with E-state index in [1.165, 1.54) is 0 Å². The van der Waals surface area contributed by atoms with Crippen molar-refractivity contribution in [3.63, 3.8) is 0 Å². The largest absolute Gasteiger partial charge is 0.372 e. The molecule has 0 bridgehead atoms. The molecule has 2 fully saturated rings. The number of amides is 1. The maximum Gasteiger partial charge on any atom is 0.248 e. The molecule has 1 N–H and O–H groups in total. The van der Waals surface area contributed by atoms with Gasteiger partial charge in [-0.2, -0.15) is 0 Å². The Balaban J connectivity index is 1.91. The third kappa shape index (κ3) is 4.66. The number of carbonyl (C=O) groups is 1. The Morgan fingerprint density at radius 3 is 2.62 bits per heavy atom. The monoisotopic (exact) mass is 318 g/mol. The van der Waals surface area contributed by atoms with E-state index in [9.17, 15) is 13.2 Å². The smallest absolute Gasteiger partial charge is 0.248 e. The van der Waals surface area contributed by atoms with Crippen molar-refractivity contribution in [2.45, 2.75) is 56.7 Å². The van der Waals surface area contributed by atoms with Gasteiger partial charge in [0.15, 0.2) is 0 Å². The summed E-state index contributed by atoms with van der Waals surface area (Å²) in [7, 11) is -3.34. The standard InChI is InChI=1S/C14H26N2O4S/c1-2-20-11-14(17)16-9-5-8-13(10-16)21(18,19)15-12-6-3-4-7-12/h12-13,15H,2-11H2,1H3. The molecule has 2 aliphatic rings. The Kier molecular flexibility index (Phi) is 6.01. The van der Waals surface area contributed by atoms with Gasteiger partial charge in [0.1, 0.15) is 6.61 Å². The van der Waals surface area contributed by atoms with Crippen molar-refractivity contribution >= 4 is 15.9 Å². The molecule has 6 nitrogen and oxygen atoms in total. The summed E-state index contributed by atoms with van der Waals surface area (Å²) in [6.07, 6.45) is 5.40. The van der Waals surface area contributed by atoms with Crippen molar-refractivity contribution in [3.8, 4) is 0 Å². The van der Waals surface area contributed by atoms with Crippen molar-refractivity contribution < 1.29 is 17.9 Å². The summed E-state index contributed by atoms with van der Waals surface area (Å²) in [6, 6.07) is 0.0875. The number of nitrogens with zero attached hydrogens (tertiary/aromatic N) is 1. The minimum Gasteiger partial charge on any atom is -0.372 e. The van der Waals surface area contributed by atoms with Crippen LogP contribution in [0.15, 0.2) is 0 Å². The molecular formula is C14H26N2O4S. The molecule has 1 saturated carbocycles. The predicted molar refractivity (Wildman–Crippen MR) is 80.4 cm³/mol. The zero-order valence-electron chi connectivity index (χ0n) is 12.7. The molecule has 1 aliphatic heterocycles. The molecule has 1 amide bonds. The van der Waals surface area contributed by atoms with Crippen LogP contribution < -0.4 is 4.72 Å². The first-order valence-corrected chi connectivity index (χ1v) is 9.44. The molecule has 1 unspecified atom stereocenters. The van der Waals surface area contributed by atoms with E-state index in [1.807, 2.05) is 6.92 Å². The maximum absolute atomic E-state index is 12.4. The molecule has 0 radical (unpaired) electrons. The van der Waals surface area contributed by atoms with Gasteiger partial charge in [-0.15, -0.1) is 0 Å². The van der Waals surface area contributed by atoms with E-state index < -0.39 is 15.3 Å². The van der Waals surface area contributed by atoms with Crippen LogP contribution >= 0.6 is 0 Å². The highest BCUT2D eigenvalue weighted by Crippen LogP contribution is 2.22. The third-order valence-corrected chi connectivity index (χ3v) is 6.21. The van der Waals surface area contributed by atoms with E-state index in [0.717, 1.165) is 32.1 Å². The van der Waals surface area contributed by atoms with Crippen LogP contribution in [0, 0.1) is 0 Å². The topological polar surface area (TPSA) is 75.7 Å². The Bertz CT molecular complexity index is 446. The van der Waals surface area contributed by atoms with Gasteiger partial charge in [-0.25, -0.2) is 13.1 Å². The van der Waals surface area contributed by atoms with Crippen LogP contribution in [0.2, 0.25) is 0 Å². The lowest BCUT2D eigenvalue weighted by Gasteiger charge is -2.33. The fourth-order valence-corrected chi connectivity index (χ4v) is 4.82. The number of sulfonamides is 1. The van der Waals surface area contributed by atoms with E-state index >= 15 is 0 Å². The van der Waals surface area contributed by atoms with Crippen LogP contribution in [0.25, 0.3) is 0 Å². The van der Waals surface area contributed by atoms with Crippen LogP contribution in [0.5, 0.6) is 0 Å². The number of likely N-dealkylation sites (tertiary alicyclic amines) is 1. The van der Waals surface area contributed by atoms with Gasteiger partial charge in [-0.3, -0.25) is 4.79 Å². The van der Waals surface area contributed by atoms with Gasteiger partial charge in [-0.05, 0) is 32.6 Å². The van der Waals surface area contributed by atoms with E-state index in [2.05, 4.69) is 4.72 Å². The molecular weight excluding hydrogens is 292 g/mol. The molecule has 0 aromatic rings. The fourth-order valence-electron chi connectivity index (χ4n) is 3.07. The van der Waals surface area contributed by atoms with Crippen molar-refractivity contribution in [1.29, 1.82) is 0 Å². The highest BCUT2D eigenvalue weighted by molar-refractivity contribution is 7.90. The van der Waals surface area contributed by atoms with Crippen molar-refractivity contribution in [3.05, 3.63) is 0 Å². The Labute approximate surface area is 127 Å². The highest BCUT2D eigenvalue weighted by Gasteiger charge is 2.34. The van der Waals surface area contributed by atoms with Crippen molar-refractivity contribution in [2.24, 2.45) is 0 Å². The van der Waals surface area contributed by atoms with Crippen LogP contribution in [-0.4, -0.2) is 56.8 Å². The lowest BCUT2D eigenvalue weighted by molar-refractivity contribution is -0.136. The number of rotatable bonds is 6. The number of nitrogens with one attached hydrogen (secondary N) is 1. The maximum atomic E-state index is 12.4. The molecule has 2 rings (SSSR count). The second-order valence-electron chi connectivity index (χ2n) is 5.89. The lowest BCUT2D eigenvalue weighted by atomic mass is 10.1. The summed E-state index contributed by atoms with van der Waals surface area (Å²) in [5.41, 5.74) is 0. The quantitative estimate of drug-likeness (QED) is 0.789. The Morgan fingerprint density at radius 1 is 1.24 bits per heavy atom. The van der Waals surface area contributed by atoms with Gasteiger partial charge >= 0.3 is 0 Å². The summed E-state index contributed by atoms with van der Waals surface area (Å²) >= 11 is 0. The number of piperidine rings is 1. The summed E-state index contributed by atoms with van der Waals surface area (Å²) in [4.78, 5) is 13.6. The summed E-state index contributed by atoms with van der Waals surface area (Å²) in [6.45, 7) is 3.28. The molecule has 0 spiro atoms. The number of hydrogen-bond donors (Lipinski definition) is 1. The van der Waals surface area contributed by atoms with Gasteiger partial charge in [0.05, 0.1) is 5.25 Å². The minimum absolute atomic E-state index is 0.0410. The Hall–Kier alpha value is -0.660. The van der Waals surface area contributed by atoms with Crippen molar-refractivity contribution in [1.82, 2.24) is 9.62 Å². The molecule has 0 aromatic carbocycles. The molecule has 1 aliphatic carbocycles. The number of hydrogen-bond acceptors (Lipinski definition) is 4. The first-order chi connectivity index (χ1) is 10.0. The van der Waals surface area contributed by atoms with Crippen molar-refractivity contribution in [2.75, 3.05) is 26.3 Å². The molecule has 1 heterocycles. The average molecular weight is 318 g/mol. The SMILES string of the molecule is CCOCC(=O)N1CCCC(S(=O)(=O)NC2CCCC2)C1. The predicted octanol–water partition coefficient (Wildman–Crippen LogP) is 0.876. The van der Waals surface area contributed by atoms with Gasteiger partial charge in [0.25, 0.3) is 0 Å².